The molecular weight excluding hydrogens is 533 g/mol. The standard InChI is InChI=1S/C26H30FN3O6S2/c1-18-15-30(19(2)17-31)38(34,35)26-9-8-21(20-10-12-28-13-11-20)14-23(26)36-24(18)16-29(3)37(32,33)25-7-5-4-6-22(25)27/h4-14,18-19,24,31H,15-17H2,1-3H3/t18-,19-,24-/m1/s1. The van der Waals surface area contributed by atoms with Crippen molar-refractivity contribution in [1.29, 1.82) is 0 Å². The monoisotopic (exact) mass is 563 g/mol. The first-order valence-corrected chi connectivity index (χ1v) is 14.9. The Kier molecular flexibility index (Phi) is 8.19. The Labute approximate surface area is 222 Å². The molecule has 0 saturated heterocycles. The van der Waals surface area contributed by atoms with Crippen molar-refractivity contribution in [3.8, 4) is 16.9 Å². The summed E-state index contributed by atoms with van der Waals surface area (Å²) in [4.78, 5) is 3.46. The van der Waals surface area contributed by atoms with Crippen molar-refractivity contribution in [3.05, 3.63) is 72.8 Å². The van der Waals surface area contributed by atoms with Gasteiger partial charge in [-0.3, -0.25) is 4.98 Å². The Morgan fingerprint density at radius 1 is 1.16 bits per heavy atom. The largest absolute Gasteiger partial charge is 0.487 e. The lowest BCUT2D eigenvalue weighted by molar-refractivity contribution is 0.0904. The lowest BCUT2D eigenvalue weighted by Crippen LogP contribution is -2.50. The van der Waals surface area contributed by atoms with Gasteiger partial charge in [-0.1, -0.05) is 25.1 Å². The number of rotatable bonds is 7. The first-order valence-electron chi connectivity index (χ1n) is 12.0. The number of benzene rings is 2. The van der Waals surface area contributed by atoms with Crippen LogP contribution < -0.4 is 4.74 Å². The highest BCUT2D eigenvalue weighted by atomic mass is 32.2. The quantitative estimate of drug-likeness (QED) is 0.470. The lowest BCUT2D eigenvalue weighted by Gasteiger charge is -2.37. The van der Waals surface area contributed by atoms with E-state index in [1.165, 1.54) is 35.6 Å². The third-order valence-electron chi connectivity index (χ3n) is 6.64. The van der Waals surface area contributed by atoms with Crippen LogP contribution in [0.4, 0.5) is 4.39 Å². The molecule has 0 bridgehead atoms. The molecule has 2 aromatic carbocycles. The van der Waals surface area contributed by atoms with Crippen molar-refractivity contribution < 1.29 is 31.1 Å². The van der Waals surface area contributed by atoms with Gasteiger partial charge < -0.3 is 9.84 Å². The number of halogens is 1. The summed E-state index contributed by atoms with van der Waals surface area (Å²) in [5, 5.41) is 9.81. The molecule has 1 aromatic heterocycles. The van der Waals surface area contributed by atoms with Gasteiger partial charge in [0, 0.05) is 37.9 Å². The zero-order chi connectivity index (χ0) is 27.7. The van der Waals surface area contributed by atoms with E-state index >= 15 is 0 Å². The second-order valence-electron chi connectivity index (χ2n) is 9.35. The molecule has 38 heavy (non-hydrogen) atoms. The van der Waals surface area contributed by atoms with E-state index in [1.807, 2.05) is 0 Å². The van der Waals surface area contributed by atoms with Gasteiger partial charge in [-0.15, -0.1) is 0 Å². The molecule has 204 valence electrons. The van der Waals surface area contributed by atoms with E-state index < -0.39 is 55.4 Å². The summed E-state index contributed by atoms with van der Waals surface area (Å²) in [6.07, 6.45) is 2.43. The van der Waals surface area contributed by atoms with Gasteiger partial charge in [0.2, 0.25) is 20.0 Å². The molecule has 9 nitrogen and oxygen atoms in total. The second-order valence-corrected chi connectivity index (χ2v) is 13.2. The van der Waals surface area contributed by atoms with Gasteiger partial charge >= 0.3 is 0 Å². The molecule has 2 heterocycles. The van der Waals surface area contributed by atoms with Crippen molar-refractivity contribution in [1.82, 2.24) is 13.6 Å². The molecule has 1 aliphatic heterocycles. The Hall–Kier alpha value is -2.90. The highest BCUT2D eigenvalue weighted by molar-refractivity contribution is 7.89. The molecule has 3 atom stereocenters. The van der Waals surface area contributed by atoms with E-state index in [-0.39, 0.29) is 23.7 Å². The summed E-state index contributed by atoms with van der Waals surface area (Å²) in [6, 6.07) is 12.6. The van der Waals surface area contributed by atoms with Gasteiger partial charge in [-0.05, 0) is 54.4 Å². The van der Waals surface area contributed by atoms with Crippen LogP contribution in [0.5, 0.6) is 5.75 Å². The first kappa shape index (κ1) is 28.1. The third-order valence-corrected chi connectivity index (χ3v) is 10.5. The number of likely N-dealkylation sites (N-methyl/N-ethyl adjacent to an activating group) is 1. The SMILES string of the molecule is C[C@@H]1CN([C@H](C)CO)S(=O)(=O)c2ccc(-c3ccncc3)cc2O[C@@H]1CN(C)S(=O)(=O)c1ccccc1F. The van der Waals surface area contributed by atoms with Crippen LogP contribution in [0.2, 0.25) is 0 Å². The predicted molar refractivity (Wildman–Crippen MR) is 140 cm³/mol. The molecule has 0 radical (unpaired) electrons. The van der Waals surface area contributed by atoms with Gasteiger partial charge in [0.25, 0.3) is 0 Å². The van der Waals surface area contributed by atoms with Gasteiger partial charge in [0.1, 0.15) is 27.5 Å². The predicted octanol–water partition coefficient (Wildman–Crippen LogP) is 2.98. The molecule has 0 fully saturated rings. The molecule has 0 aliphatic carbocycles. The molecule has 3 aromatic rings. The summed E-state index contributed by atoms with van der Waals surface area (Å²) >= 11 is 0. The van der Waals surface area contributed by atoms with Gasteiger partial charge in [-0.2, -0.15) is 8.61 Å². The fourth-order valence-corrected chi connectivity index (χ4v) is 7.41. The van der Waals surface area contributed by atoms with Crippen molar-refractivity contribution in [2.45, 2.75) is 35.8 Å². The summed E-state index contributed by atoms with van der Waals surface area (Å²) < 4.78 is 76.5. The minimum Gasteiger partial charge on any atom is -0.487 e. The number of aliphatic hydroxyl groups is 1. The number of sulfonamides is 2. The van der Waals surface area contributed by atoms with Crippen LogP contribution in [-0.4, -0.2) is 74.4 Å². The molecular formula is C26H30FN3O6S2. The van der Waals surface area contributed by atoms with Crippen LogP contribution in [0.25, 0.3) is 11.1 Å². The Bertz CT molecular complexity index is 1500. The summed E-state index contributed by atoms with van der Waals surface area (Å²) in [5.74, 6) is -1.30. The summed E-state index contributed by atoms with van der Waals surface area (Å²) in [6.45, 7) is 2.76. The van der Waals surface area contributed by atoms with Crippen LogP contribution >= 0.6 is 0 Å². The molecule has 12 heteroatoms. The maximum absolute atomic E-state index is 14.3. The van der Waals surface area contributed by atoms with Crippen LogP contribution in [-0.2, 0) is 20.0 Å². The third kappa shape index (κ3) is 5.45. The fraction of sp³-hybridized carbons (Fsp3) is 0.346. The Balaban J connectivity index is 1.78. The Morgan fingerprint density at radius 2 is 1.84 bits per heavy atom. The number of hydrogen-bond donors (Lipinski definition) is 1. The van der Waals surface area contributed by atoms with Gasteiger partial charge in [0.15, 0.2) is 0 Å². The molecule has 1 aliphatic rings. The van der Waals surface area contributed by atoms with E-state index in [1.54, 1.807) is 50.5 Å². The lowest BCUT2D eigenvalue weighted by atomic mass is 10.0. The maximum atomic E-state index is 14.3. The average molecular weight is 564 g/mol. The number of ether oxygens (including phenoxy) is 1. The minimum atomic E-state index is -4.20. The molecule has 1 N–H and O–H groups in total. The van der Waals surface area contributed by atoms with Gasteiger partial charge in [0.05, 0.1) is 13.2 Å². The number of nitrogens with zero attached hydrogens (tertiary/aromatic N) is 3. The molecule has 0 amide bonds. The Morgan fingerprint density at radius 3 is 2.50 bits per heavy atom. The van der Waals surface area contributed by atoms with Crippen LogP contribution in [0.1, 0.15) is 13.8 Å². The number of aliphatic hydroxyl groups excluding tert-OH is 1. The van der Waals surface area contributed by atoms with Crippen LogP contribution in [0.15, 0.2) is 76.8 Å². The zero-order valence-electron chi connectivity index (χ0n) is 21.2. The number of pyridine rings is 1. The van der Waals surface area contributed by atoms with Crippen molar-refractivity contribution in [2.75, 3.05) is 26.7 Å². The van der Waals surface area contributed by atoms with E-state index in [4.69, 9.17) is 4.74 Å². The van der Waals surface area contributed by atoms with Crippen LogP contribution in [0, 0.1) is 11.7 Å². The number of aromatic nitrogens is 1. The molecule has 0 unspecified atom stereocenters. The van der Waals surface area contributed by atoms with Gasteiger partial charge in [-0.25, -0.2) is 21.2 Å². The number of fused-ring (bicyclic) bond motifs is 1. The number of hydrogen-bond acceptors (Lipinski definition) is 7. The minimum absolute atomic E-state index is 0.0200. The van der Waals surface area contributed by atoms with Crippen molar-refractivity contribution >= 4 is 20.0 Å². The topological polar surface area (TPSA) is 117 Å². The highest BCUT2D eigenvalue weighted by Crippen LogP contribution is 2.36. The average Bonchev–Trinajstić information content (AvgIpc) is 2.90. The van der Waals surface area contributed by atoms with E-state index in [0.717, 1.165) is 15.9 Å². The first-order chi connectivity index (χ1) is 18.0. The summed E-state index contributed by atoms with van der Waals surface area (Å²) in [5.41, 5.74) is 1.47. The fourth-order valence-electron chi connectivity index (χ4n) is 4.34. The van der Waals surface area contributed by atoms with Crippen LogP contribution in [0.3, 0.4) is 0 Å². The smallest absolute Gasteiger partial charge is 0.247 e. The highest BCUT2D eigenvalue weighted by Gasteiger charge is 2.39. The van der Waals surface area contributed by atoms with E-state index in [9.17, 15) is 26.3 Å². The van der Waals surface area contributed by atoms with Crippen molar-refractivity contribution in [2.24, 2.45) is 5.92 Å². The summed E-state index contributed by atoms with van der Waals surface area (Å²) in [7, 11) is -6.93. The van der Waals surface area contributed by atoms with Crippen molar-refractivity contribution in [3.63, 3.8) is 0 Å². The van der Waals surface area contributed by atoms with E-state index in [0.29, 0.717) is 5.56 Å². The molecule has 0 saturated carbocycles. The maximum Gasteiger partial charge on any atom is 0.247 e. The van der Waals surface area contributed by atoms with E-state index in [2.05, 4.69) is 4.98 Å². The molecule has 0 spiro atoms. The normalized spacial score (nSPS) is 20.7. The molecule has 4 rings (SSSR count). The zero-order valence-corrected chi connectivity index (χ0v) is 22.9. The second kappa shape index (κ2) is 11.1.